The van der Waals surface area contributed by atoms with Crippen LogP contribution in [0.3, 0.4) is 0 Å². The Bertz CT molecular complexity index is 553. The number of hydrogen-bond donors (Lipinski definition) is 2. The molecule has 2 N–H and O–H groups in total. The van der Waals surface area contributed by atoms with Crippen LogP contribution in [-0.4, -0.2) is 66.1 Å². The van der Waals surface area contributed by atoms with Gasteiger partial charge in [0.1, 0.15) is 0 Å². The molecule has 120 valence electrons. The Morgan fingerprint density at radius 2 is 2.00 bits per heavy atom. The van der Waals surface area contributed by atoms with Crippen molar-refractivity contribution in [1.29, 1.82) is 0 Å². The van der Waals surface area contributed by atoms with Gasteiger partial charge in [-0.05, 0) is 12.1 Å². The predicted octanol–water partition coefficient (Wildman–Crippen LogP) is -0.504. The zero-order valence-electron chi connectivity index (χ0n) is 12.4. The van der Waals surface area contributed by atoms with Crippen LogP contribution < -0.4 is 10.6 Å². The van der Waals surface area contributed by atoms with Crippen LogP contribution >= 0.6 is 0 Å². The summed E-state index contributed by atoms with van der Waals surface area (Å²) in [6, 6.07) is 2.60. The molecule has 1 amide bonds. The van der Waals surface area contributed by atoms with Crippen molar-refractivity contribution in [2.24, 2.45) is 0 Å². The number of methoxy groups -OCH3 is 1. The van der Waals surface area contributed by atoms with Crippen LogP contribution in [0.25, 0.3) is 0 Å². The Balaban J connectivity index is 2.48. The maximum absolute atomic E-state index is 11.8. The first-order chi connectivity index (χ1) is 9.89. The number of ether oxygens (including phenoxy) is 1. The molecule has 0 aliphatic rings. The van der Waals surface area contributed by atoms with E-state index in [1.54, 1.807) is 7.11 Å². The zero-order chi connectivity index (χ0) is 15.9. The monoisotopic (exact) mass is 319 g/mol. The number of hydrogen-bond acceptors (Lipinski definition) is 6. The van der Waals surface area contributed by atoms with Crippen molar-refractivity contribution in [2.75, 3.05) is 47.4 Å². The standard InChI is InChI=1S/C12H21N3O5S/c1-15(2)21(17,18)11-5-4-10(20-11)12(16)14-7-6-13-8-9-19-3/h4-5,13H,6-9H2,1-3H3,(H,14,16). The van der Waals surface area contributed by atoms with E-state index in [2.05, 4.69) is 10.6 Å². The predicted molar refractivity (Wildman–Crippen MR) is 76.7 cm³/mol. The fourth-order valence-corrected chi connectivity index (χ4v) is 2.21. The highest BCUT2D eigenvalue weighted by molar-refractivity contribution is 7.88. The summed E-state index contributed by atoms with van der Waals surface area (Å²) in [4.78, 5) is 11.8. The summed E-state index contributed by atoms with van der Waals surface area (Å²) in [6.07, 6.45) is 0. The maximum atomic E-state index is 11.8. The Labute approximate surface area is 124 Å². The summed E-state index contributed by atoms with van der Waals surface area (Å²) in [6.45, 7) is 2.27. The molecule has 1 aromatic heterocycles. The van der Waals surface area contributed by atoms with Crippen LogP contribution in [0.5, 0.6) is 0 Å². The van der Waals surface area contributed by atoms with Crippen LogP contribution in [0.15, 0.2) is 21.6 Å². The third-order valence-corrected chi connectivity index (χ3v) is 4.30. The van der Waals surface area contributed by atoms with Crippen molar-refractivity contribution in [3.05, 3.63) is 17.9 Å². The molecule has 0 aliphatic heterocycles. The molecular formula is C12H21N3O5S. The van der Waals surface area contributed by atoms with Crippen molar-refractivity contribution in [1.82, 2.24) is 14.9 Å². The second-order valence-electron chi connectivity index (χ2n) is 4.40. The van der Waals surface area contributed by atoms with Gasteiger partial charge in [-0.2, -0.15) is 0 Å². The van der Waals surface area contributed by atoms with Crippen LogP contribution in [0, 0.1) is 0 Å². The molecule has 21 heavy (non-hydrogen) atoms. The number of nitrogens with one attached hydrogen (secondary N) is 2. The second-order valence-corrected chi connectivity index (χ2v) is 6.49. The molecule has 1 rings (SSSR count). The van der Waals surface area contributed by atoms with Gasteiger partial charge in [0, 0.05) is 40.8 Å². The van der Waals surface area contributed by atoms with Gasteiger partial charge in [0.05, 0.1) is 6.61 Å². The average molecular weight is 319 g/mol. The van der Waals surface area contributed by atoms with Crippen molar-refractivity contribution >= 4 is 15.9 Å². The van der Waals surface area contributed by atoms with Gasteiger partial charge >= 0.3 is 0 Å². The molecule has 0 aliphatic carbocycles. The van der Waals surface area contributed by atoms with Gasteiger partial charge in [0.15, 0.2) is 5.76 Å². The first-order valence-corrected chi connectivity index (χ1v) is 7.84. The average Bonchev–Trinajstić information content (AvgIpc) is 2.92. The van der Waals surface area contributed by atoms with Gasteiger partial charge in [0.25, 0.3) is 15.9 Å². The summed E-state index contributed by atoms with van der Waals surface area (Å²) in [5, 5.41) is 5.44. The lowest BCUT2D eigenvalue weighted by molar-refractivity contribution is 0.0920. The summed E-state index contributed by atoms with van der Waals surface area (Å²) in [5.41, 5.74) is 0. The van der Waals surface area contributed by atoms with Gasteiger partial charge in [-0.1, -0.05) is 0 Å². The van der Waals surface area contributed by atoms with E-state index in [9.17, 15) is 13.2 Å². The van der Waals surface area contributed by atoms with Crippen molar-refractivity contribution in [3.8, 4) is 0 Å². The molecule has 0 bridgehead atoms. The number of carbonyl (C=O) groups excluding carboxylic acids is 1. The fraction of sp³-hybridized carbons (Fsp3) is 0.583. The molecule has 0 spiro atoms. The number of carbonyl (C=O) groups is 1. The van der Waals surface area contributed by atoms with Gasteiger partial charge in [-0.15, -0.1) is 0 Å². The highest BCUT2D eigenvalue weighted by atomic mass is 32.2. The van der Waals surface area contributed by atoms with Gasteiger partial charge in [-0.3, -0.25) is 4.79 Å². The molecule has 0 saturated heterocycles. The maximum Gasteiger partial charge on any atom is 0.287 e. The van der Waals surface area contributed by atoms with Crippen LogP contribution in [-0.2, 0) is 14.8 Å². The Hall–Kier alpha value is -1.42. The molecule has 0 radical (unpaired) electrons. The molecule has 9 heteroatoms. The molecule has 0 atom stereocenters. The van der Waals surface area contributed by atoms with Crippen molar-refractivity contribution in [3.63, 3.8) is 0 Å². The van der Waals surface area contributed by atoms with E-state index in [0.717, 1.165) is 4.31 Å². The van der Waals surface area contributed by atoms with E-state index in [-0.39, 0.29) is 10.9 Å². The molecular weight excluding hydrogens is 298 g/mol. The highest BCUT2D eigenvalue weighted by Crippen LogP contribution is 2.16. The summed E-state index contributed by atoms with van der Waals surface area (Å²) in [7, 11) is 0.731. The summed E-state index contributed by atoms with van der Waals surface area (Å²) < 4.78 is 34.6. The first-order valence-electron chi connectivity index (χ1n) is 6.40. The Morgan fingerprint density at radius 3 is 2.62 bits per heavy atom. The van der Waals surface area contributed by atoms with Crippen molar-refractivity contribution in [2.45, 2.75) is 5.09 Å². The lowest BCUT2D eigenvalue weighted by Gasteiger charge is -2.08. The van der Waals surface area contributed by atoms with E-state index in [4.69, 9.17) is 9.15 Å². The smallest absolute Gasteiger partial charge is 0.287 e. The fourth-order valence-electron chi connectivity index (χ4n) is 1.41. The third-order valence-electron chi connectivity index (χ3n) is 2.61. The van der Waals surface area contributed by atoms with E-state index in [0.29, 0.717) is 26.2 Å². The molecule has 1 heterocycles. The molecule has 1 aromatic rings. The van der Waals surface area contributed by atoms with Gasteiger partial charge in [0.2, 0.25) is 5.09 Å². The number of sulfonamides is 1. The normalized spacial score (nSPS) is 11.8. The Kier molecular flexibility index (Phi) is 6.82. The second kappa shape index (κ2) is 8.13. The van der Waals surface area contributed by atoms with Gasteiger partial charge in [-0.25, -0.2) is 12.7 Å². The van der Waals surface area contributed by atoms with Crippen molar-refractivity contribution < 1.29 is 22.4 Å². The molecule has 8 nitrogen and oxygen atoms in total. The molecule has 0 saturated carbocycles. The molecule has 0 fully saturated rings. The zero-order valence-corrected chi connectivity index (χ0v) is 13.2. The first kappa shape index (κ1) is 17.6. The number of furan rings is 1. The number of rotatable bonds is 9. The SMILES string of the molecule is COCCNCCNC(=O)c1ccc(S(=O)(=O)N(C)C)o1. The third kappa shape index (κ3) is 5.12. The van der Waals surface area contributed by atoms with E-state index in [1.165, 1.54) is 26.2 Å². The minimum Gasteiger partial charge on any atom is -0.438 e. The summed E-state index contributed by atoms with van der Waals surface area (Å²) in [5.74, 6) is -0.490. The van der Waals surface area contributed by atoms with E-state index < -0.39 is 15.9 Å². The topological polar surface area (TPSA) is 101 Å². The molecule has 0 unspecified atom stereocenters. The quantitative estimate of drug-likeness (QED) is 0.595. The van der Waals surface area contributed by atoms with Crippen LogP contribution in [0.4, 0.5) is 0 Å². The number of nitrogens with zero attached hydrogens (tertiary/aromatic N) is 1. The summed E-state index contributed by atoms with van der Waals surface area (Å²) >= 11 is 0. The van der Waals surface area contributed by atoms with Gasteiger partial charge < -0.3 is 19.8 Å². The lowest BCUT2D eigenvalue weighted by Crippen LogP contribution is -2.32. The number of amides is 1. The van der Waals surface area contributed by atoms with E-state index >= 15 is 0 Å². The largest absolute Gasteiger partial charge is 0.438 e. The lowest BCUT2D eigenvalue weighted by atomic mass is 10.4. The van der Waals surface area contributed by atoms with Crippen LogP contribution in [0.1, 0.15) is 10.6 Å². The Morgan fingerprint density at radius 1 is 1.29 bits per heavy atom. The van der Waals surface area contributed by atoms with E-state index in [1.807, 2.05) is 0 Å². The minimum absolute atomic E-state index is 0.0349. The minimum atomic E-state index is -3.66. The highest BCUT2D eigenvalue weighted by Gasteiger charge is 2.23. The molecule has 0 aromatic carbocycles. The van der Waals surface area contributed by atoms with Crippen LogP contribution in [0.2, 0.25) is 0 Å².